The molecule has 2 rings (SSSR count). The minimum Gasteiger partial charge on any atom is -0.365 e. The summed E-state index contributed by atoms with van der Waals surface area (Å²) in [6.45, 7) is 4.95. The summed E-state index contributed by atoms with van der Waals surface area (Å²) in [6.07, 6.45) is 7.47. The summed E-state index contributed by atoms with van der Waals surface area (Å²) in [6, 6.07) is 1.94. The molecule has 0 fully saturated rings. The van der Waals surface area contributed by atoms with Crippen molar-refractivity contribution in [1.29, 1.82) is 0 Å². The van der Waals surface area contributed by atoms with Crippen molar-refractivity contribution in [2.45, 2.75) is 13.8 Å². The van der Waals surface area contributed by atoms with Gasteiger partial charge < -0.3 is 5.32 Å². The zero-order valence-corrected chi connectivity index (χ0v) is 8.94. The molecule has 2 heterocycles. The Bertz CT molecular complexity index is 480. The maximum absolute atomic E-state index is 4.27. The highest BCUT2D eigenvalue weighted by molar-refractivity contribution is 5.66. The Morgan fingerprint density at radius 1 is 1.47 bits per heavy atom. The average Bonchev–Trinajstić information content (AvgIpc) is 2.65. The number of hydrogen-bond acceptors (Lipinski definition) is 3. The lowest BCUT2D eigenvalue weighted by Crippen LogP contribution is -2.03. The van der Waals surface area contributed by atoms with Crippen molar-refractivity contribution in [2.24, 2.45) is 0 Å². The second-order valence-electron chi connectivity index (χ2n) is 3.60. The Morgan fingerprint density at radius 2 is 2.33 bits per heavy atom. The van der Waals surface area contributed by atoms with Crippen LogP contribution in [0.5, 0.6) is 0 Å². The van der Waals surface area contributed by atoms with E-state index in [4.69, 9.17) is 0 Å². The van der Waals surface area contributed by atoms with Gasteiger partial charge >= 0.3 is 0 Å². The molecule has 0 aliphatic heterocycles. The standard InChI is InChI=1S/C11H14N4/c1-9(2)3-5-12-11-10-4-6-14-15(10)8-7-13-11/h3-4,6-8H,5H2,1-2H3,(H,12,13). The highest BCUT2D eigenvalue weighted by Crippen LogP contribution is 2.11. The molecule has 0 aromatic carbocycles. The van der Waals surface area contributed by atoms with Gasteiger partial charge in [0.1, 0.15) is 5.52 Å². The molecule has 0 saturated carbocycles. The Morgan fingerprint density at radius 3 is 3.13 bits per heavy atom. The fourth-order valence-corrected chi connectivity index (χ4v) is 1.35. The van der Waals surface area contributed by atoms with Gasteiger partial charge in [0.05, 0.1) is 6.20 Å². The number of fused-ring (bicyclic) bond motifs is 1. The second kappa shape index (κ2) is 4.13. The lowest BCUT2D eigenvalue weighted by Gasteiger charge is -2.04. The van der Waals surface area contributed by atoms with Crippen LogP contribution in [0.2, 0.25) is 0 Å². The van der Waals surface area contributed by atoms with E-state index in [1.807, 2.05) is 12.3 Å². The van der Waals surface area contributed by atoms with Crippen LogP contribution in [0.4, 0.5) is 5.82 Å². The van der Waals surface area contributed by atoms with E-state index in [1.54, 1.807) is 16.9 Å². The number of rotatable bonds is 3. The summed E-state index contributed by atoms with van der Waals surface area (Å²) in [7, 11) is 0. The zero-order chi connectivity index (χ0) is 10.7. The van der Waals surface area contributed by atoms with Crippen molar-refractivity contribution in [3.63, 3.8) is 0 Å². The molecule has 0 aliphatic rings. The molecule has 2 aromatic rings. The smallest absolute Gasteiger partial charge is 0.152 e. The van der Waals surface area contributed by atoms with E-state index in [9.17, 15) is 0 Å². The quantitative estimate of drug-likeness (QED) is 0.775. The third-order valence-electron chi connectivity index (χ3n) is 2.10. The van der Waals surface area contributed by atoms with Gasteiger partial charge in [-0.2, -0.15) is 5.10 Å². The molecule has 15 heavy (non-hydrogen) atoms. The van der Waals surface area contributed by atoms with E-state index in [2.05, 4.69) is 35.3 Å². The van der Waals surface area contributed by atoms with Gasteiger partial charge in [-0.3, -0.25) is 0 Å². The van der Waals surface area contributed by atoms with Gasteiger partial charge in [0.15, 0.2) is 5.82 Å². The van der Waals surface area contributed by atoms with Crippen molar-refractivity contribution in [2.75, 3.05) is 11.9 Å². The fourth-order valence-electron chi connectivity index (χ4n) is 1.35. The lowest BCUT2D eigenvalue weighted by molar-refractivity contribution is 0.945. The molecule has 0 bridgehead atoms. The van der Waals surface area contributed by atoms with Crippen molar-refractivity contribution in [3.05, 3.63) is 36.3 Å². The lowest BCUT2D eigenvalue weighted by atomic mass is 10.3. The number of anilines is 1. The van der Waals surface area contributed by atoms with Crippen LogP contribution in [0.3, 0.4) is 0 Å². The fraction of sp³-hybridized carbons (Fsp3) is 0.273. The molecule has 0 saturated heterocycles. The van der Waals surface area contributed by atoms with Gasteiger partial charge in [-0.25, -0.2) is 9.50 Å². The van der Waals surface area contributed by atoms with Crippen LogP contribution in [-0.4, -0.2) is 21.1 Å². The largest absolute Gasteiger partial charge is 0.365 e. The Hall–Kier alpha value is -1.84. The predicted octanol–water partition coefficient (Wildman–Crippen LogP) is 2.11. The summed E-state index contributed by atoms with van der Waals surface area (Å²) in [5.41, 5.74) is 2.29. The van der Waals surface area contributed by atoms with E-state index in [-0.39, 0.29) is 0 Å². The molecule has 2 aromatic heterocycles. The van der Waals surface area contributed by atoms with Crippen molar-refractivity contribution in [1.82, 2.24) is 14.6 Å². The summed E-state index contributed by atoms with van der Waals surface area (Å²) in [4.78, 5) is 4.27. The molecular weight excluding hydrogens is 188 g/mol. The average molecular weight is 202 g/mol. The summed E-state index contributed by atoms with van der Waals surface area (Å²) >= 11 is 0. The summed E-state index contributed by atoms with van der Waals surface area (Å²) in [5, 5.41) is 7.40. The summed E-state index contributed by atoms with van der Waals surface area (Å²) in [5.74, 6) is 0.868. The molecule has 1 N–H and O–H groups in total. The molecule has 0 radical (unpaired) electrons. The number of nitrogens with one attached hydrogen (secondary N) is 1. The number of allylic oxidation sites excluding steroid dienone is 1. The molecular formula is C11H14N4. The second-order valence-corrected chi connectivity index (χ2v) is 3.60. The topological polar surface area (TPSA) is 42.2 Å². The minimum absolute atomic E-state index is 0.792. The SMILES string of the molecule is CC(C)=CCNc1nccn2nccc12. The molecule has 0 amide bonds. The zero-order valence-electron chi connectivity index (χ0n) is 8.94. The first-order chi connectivity index (χ1) is 7.27. The van der Waals surface area contributed by atoms with E-state index < -0.39 is 0 Å². The molecule has 4 heteroatoms. The Kier molecular flexibility index (Phi) is 2.67. The van der Waals surface area contributed by atoms with E-state index in [0.29, 0.717) is 0 Å². The van der Waals surface area contributed by atoms with Crippen LogP contribution in [-0.2, 0) is 0 Å². The van der Waals surface area contributed by atoms with E-state index >= 15 is 0 Å². The number of nitrogens with zero attached hydrogens (tertiary/aromatic N) is 3. The third-order valence-corrected chi connectivity index (χ3v) is 2.10. The van der Waals surface area contributed by atoms with E-state index in [1.165, 1.54) is 5.57 Å². The Labute approximate surface area is 88.6 Å². The van der Waals surface area contributed by atoms with Gasteiger partial charge in [-0.15, -0.1) is 0 Å². The molecule has 4 nitrogen and oxygen atoms in total. The highest BCUT2D eigenvalue weighted by atomic mass is 15.2. The van der Waals surface area contributed by atoms with Crippen LogP contribution >= 0.6 is 0 Å². The van der Waals surface area contributed by atoms with Crippen molar-refractivity contribution >= 4 is 11.3 Å². The maximum Gasteiger partial charge on any atom is 0.152 e. The molecule has 0 aliphatic carbocycles. The minimum atomic E-state index is 0.792. The van der Waals surface area contributed by atoms with Crippen LogP contribution in [0.15, 0.2) is 36.3 Å². The van der Waals surface area contributed by atoms with Crippen LogP contribution < -0.4 is 5.32 Å². The first-order valence-corrected chi connectivity index (χ1v) is 4.93. The highest BCUT2D eigenvalue weighted by Gasteiger charge is 2.00. The van der Waals surface area contributed by atoms with Crippen LogP contribution in [0, 0.1) is 0 Å². The number of hydrogen-bond donors (Lipinski definition) is 1. The molecule has 0 spiro atoms. The molecule has 0 unspecified atom stereocenters. The molecule has 78 valence electrons. The van der Waals surface area contributed by atoms with Crippen LogP contribution in [0.1, 0.15) is 13.8 Å². The van der Waals surface area contributed by atoms with Gasteiger partial charge in [0.2, 0.25) is 0 Å². The van der Waals surface area contributed by atoms with Crippen molar-refractivity contribution < 1.29 is 0 Å². The first kappa shape index (κ1) is 9.71. The predicted molar refractivity (Wildman–Crippen MR) is 60.9 cm³/mol. The van der Waals surface area contributed by atoms with Gasteiger partial charge in [-0.05, 0) is 19.9 Å². The van der Waals surface area contributed by atoms with Crippen molar-refractivity contribution in [3.8, 4) is 0 Å². The monoisotopic (exact) mass is 202 g/mol. The Balaban J connectivity index is 2.20. The normalized spacial score (nSPS) is 10.3. The first-order valence-electron chi connectivity index (χ1n) is 4.93. The summed E-state index contributed by atoms with van der Waals surface area (Å²) < 4.78 is 1.80. The third kappa shape index (κ3) is 2.15. The van der Waals surface area contributed by atoms with Gasteiger partial charge in [0, 0.05) is 18.9 Å². The van der Waals surface area contributed by atoms with Crippen LogP contribution in [0.25, 0.3) is 5.52 Å². The van der Waals surface area contributed by atoms with Gasteiger partial charge in [0.25, 0.3) is 0 Å². The number of aromatic nitrogens is 3. The maximum atomic E-state index is 4.27. The van der Waals surface area contributed by atoms with Gasteiger partial charge in [-0.1, -0.05) is 11.6 Å². The van der Waals surface area contributed by atoms with E-state index in [0.717, 1.165) is 17.9 Å². The molecule has 0 atom stereocenters.